The highest BCUT2D eigenvalue weighted by atomic mass is 16.5. The number of carbonyl (C=O) groups excluding carboxylic acids is 1. The normalized spacial score (nSPS) is 12.4. The molecule has 2 rings (SSSR count). The SMILES string of the molecule is COC(=O)[C@@H](CC(C)C)Nc1nc2ccccc2c(=O)o1. The lowest BCUT2D eigenvalue weighted by atomic mass is 10.0. The number of nitrogens with zero attached hydrogens (tertiary/aromatic N) is 1. The highest BCUT2D eigenvalue weighted by Gasteiger charge is 2.22. The quantitative estimate of drug-likeness (QED) is 0.850. The van der Waals surface area contributed by atoms with Gasteiger partial charge >= 0.3 is 11.6 Å². The highest BCUT2D eigenvalue weighted by molar-refractivity contribution is 5.80. The zero-order chi connectivity index (χ0) is 15.4. The fraction of sp³-hybridized carbons (Fsp3) is 0.400. The Morgan fingerprint density at radius 1 is 1.38 bits per heavy atom. The molecular formula is C15H18N2O4. The Bertz CT molecular complexity index is 693. The minimum atomic E-state index is -0.605. The summed E-state index contributed by atoms with van der Waals surface area (Å²) in [6, 6.07) is 6.30. The van der Waals surface area contributed by atoms with Gasteiger partial charge in [0.15, 0.2) is 0 Å². The molecule has 112 valence electrons. The number of esters is 1. The van der Waals surface area contributed by atoms with E-state index in [1.807, 2.05) is 13.8 Å². The molecule has 1 N–H and O–H groups in total. The lowest BCUT2D eigenvalue weighted by Gasteiger charge is -2.17. The summed E-state index contributed by atoms with van der Waals surface area (Å²) in [6.07, 6.45) is 0.547. The maximum atomic E-state index is 11.9. The molecule has 0 fully saturated rings. The third kappa shape index (κ3) is 3.59. The van der Waals surface area contributed by atoms with Gasteiger partial charge in [0.05, 0.1) is 18.0 Å². The predicted molar refractivity (Wildman–Crippen MR) is 79.2 cm³/mol. The van der Waals surface area contributed by atoms with Crippen molar-refractivity contribution >= 4 is 22.9 Å². The van der Waals surface area contributed by atoms with Crippen LogP contribution in [0.4, 0.5) is 6.01 Å². The summed E-state index contributed by atoms with van der Waals surface area (Å²) in [5.74, 6) is -0.143. The van der Waals surface area contributed by atoms with Crippen molar-refractivity contribution in [2.24, 2.45) is 5.92 Å². The molecule has 2 aromatic rings. The average Bonchev–Trinajstić information content (AvgIpc) is 2.45. The van der Waals surface area contributed by atoms with Gasteiger partial charge in [-0.05, 0) is 24.5 Å². The summed E-state index contributed by atoms with van der Waals surface area (Å²) >= 11 is 0. The van der Waals surface area contributed by atoms with Crippen molar-refractivity contribution in [1.82, 2.24) is 4.98 Å². The van der Waals surface area contributed by atoms with Crippen molar-refractivity contribution in [2.75, 3.05) is 12.4 Å². The number of para-hydroxylation sites is 1. The fourth-order valence-corrected chi connectivity index (χ4v) is 2.06. The number of hydrogen-bond acceptors (Lipinski definition) is 6. The minimum Gasteiger partial charge on any atom is -0.467 e. The summed E-state index contributed by atoms with van der Waals surface area (Å²) in [5.41, 5.74) is 0.0284. The van der Waals surface area contributed by atoms with Crippen molar-refractivity contribution in [3.8, 4) is 0 Å². The first-order valence-corrected chi connectivity index (χ1v) is 6.75. The van der Waals surface area contributed by atoms with Gasteiger partial charge in [-0.3, -0.25) is 0 Å². The van der Waals surface area contributed by atoms with Gasteiger partial charge in [0.2, 0.25) is 0 Å². The standard InChI is InChI=1S/C15H18N2O4/c1-9(2)8-12(14(19)20-3)17-15-16-11-7-5-4-6-10(11)13(18)21-15/h4-7,9,12H,8H2,1-3H3,(H,16,17)/t12-/m1/s1. The van der Waals surface area contributed by atoms with E-state index in [1.165, 1.54) is 7.11 Å². The van der Waals surface area contributed by atoms with Gasteiger partial charge in [0.25, 0.3) is 6.01 Å². The van der Waals surface area contributed by atoms with Gasteiger partial charge in [-0.1, -0.05) is 26.0 Å². The van der Waals surface area contributed by atoms with Gasteiger partial charge in [-0.2, -0.15) is 4.98 Å². The average molecular weight is 290 g/mol. The topological polar surface area (TPSA) is 81.4 Å². The van der Waals surface area contributed by atoms with E-state index >= 15 is 0 Å². The summed E-state index contributed by atoms with van der Waals surface area (Å²) < 4.78 is 9.87. The Hall–Kier alpha value is -2.37. The molecule has 6 heteroatoms. The predicted octanol–water partition coefficient (Wildman–Crippen LogP) is 2.19. The Morgan fingerprint density at radius 3 is 2.76 bits per heavy atom. The van der Waals surface area contributed by atoms with Gasteiger partial charge in [-0.25, -0.2) is 9.59 Å². The Kier molecular flexibility index (Phi) is 4.57. The fourth-order valence-electron chi connectivity index (χ4n) is 2.06. The molecule has 0 saturated heterocycles. The van der Waals surface area contributed by atoms with Crippen LogP contribution in [0.1, 0.15) is 20.3 Å². The number of carbonyl (C=O) groups is 1. The number of nitrogens with one attached hydrogen (secondary N) is 1. The number of fused-ring (bicyclic) bond motifs is 1. The number of rotatable bonds is 5. The van der Waals surface area contributed by atoms with Crippen molar-refractivity contribution in [1.29, 1.82) is 0 Å². The molecule has 1 heterocycles. The molecule has 0 saturated carbocycles. The molecule has 0 unspecified atom stereocenters. The van der Waals surface area contributed by atoms with Crippen molar-refractivity contribution in [2.45, 2.75) is 26.3 Å². The van der Waals surface area contributed by atoms with Gasteiger partial charge in [-0.15, -0.1) is 0 Å². The minimum absolute atomic E-state index is 0.0229. The molecule has 1 atom stereocenters. The molecule has 0 aliphatic rings. The summed E-state index contributed by atoms with van der Waals surface area (Å²) in [4.78, 5) is 27.9. The highest BCUT2D eigenvalue weighted by Crippen LogP contribution is 2.14. The second kappa shape index (κ2) is 6.39. The number of methoxy groups -OCH3 is 1. The van der Waals surface area contributed by atoms with E-state index < -0.39 is 17.6 Å². The zero-order valence-corrected chi connectivity index (χ0v) is 12.3. The van der Waals surface area contributed by atoms with Gasteiger partial charge in [0, 0.05) is 0 Å². The molecule has 1 aromatic carbocycles. The summed E-state index contributed by atoms with van der Waals surface area (Å²) in [5, 5.41) is 3.25. The molecule has 0 aliphatic heterocycles. The van der Waals surface area contributed by atoms with Gasteiger partial charge < -0.3 is 14.5 Å². The molecule has 0 amide bonds. The molecule has 0 bridgehead atoms. The molecule has 1 aromatic heterocycles. The van der Waals surface area contributed by atoms with Crippen LogP contribution >= 0.6 is 0 Å². The molecule has 21 heavy (non-hydrogen) atoms. The van der Waals surface area contributed by atoms with Crippen LogP contribution < -0.4 is 10.9 Å². The van der Waals surface area contributed by atoms with Crippen molar-refractivity contribution < 1.29 is 13.9 Å². The van der Waals surface area contributed by atoms with Crippen molar-refractivity contribution in [3.05, 3.63) is 34.7 Å². The zero-order valence-electron chi connectivity index (χ0n) is 12.3. The lowest BCUT2D eigenvalue weighted by molar-refractivity contribution is -0.141. The van der Waals surface area contributed by atoms with E-state index in [0.717, 1.165) is 0 Å². The first kappa shape index (κ1) is 15.0. The molecule has 0 aliphatic carbocycles. The number of ether oxygens (including phenoxy) is 1. The van der Waals surface area contributed by atoms with Gasteiger partial charge in [0.1, 0.15) is 6.04 Å². The Labute approximate surface area is 122 Å². The molecule has 0 spiro atoms. The van der Waals surface area contributed by atoms with Crippen LogP contribution in [0.15, 0.2) is 33.5 Å². The largest absolute Gasteiger partial charge is 0.467 e. The monoisotopic (exact) mass is 290 g/mol. The van der Waals surface area contributed by atoms with E-state index in [2.05, 4.69) is 10.3 Å². The smallest absolute Gasteiger partial charge is 0.348 e. The third-order valence-corrected chi connectivity index (χ3v) is 3.03. The number of hydrogen-bond donors (Lipinski definition) is 1. The second-order valence-corrected chi connectivity index (χ2v) is 5.17. The van der Waals surface area contributed by atoms with E-state index in [-0.39, 0.29) is 11.9 Å². The van der Waals surface area contributed by atoms with E-state index in [9.17, 15) is 9.59 Å². The van der Waals surface area contributed by atoms with E-state index in [4.69, 9.17) is 9.15 Å². The molecule has 6 nitrogen and oxygen atoms in total. The van der Waals surface area contributed by atoms with Crippen LogP contribution in [0.2, 0.25) is 0 Å². The summed E-state index contributed by atoms with van der Waals surface area (Å²) in [6.45, 7) is 3.98. The number of anilines is 1. The van der Waals surface area contributed by atoms with Crippen LogP contribution in [-0.2, 0) is 9.53 Å². The van der Waals surface area contributed by atoms with E-state index in [1.54, 1.807) is 24.3 Å². The first-order chi connectivity index (χ1) is 10.0. The molecule has 0 radical (unpaired) electrons. The maximum absolute atomic E-state index is 11.9. The van der Waals surface area contributed by atoms with Crippen LogP contribution in [0, 0.1) is 5.92 Å². The Morgan fingerprint density at radius 2 is 2.10 bits per heavy atom. The maximum Gasteiger partial charge on any atom is 0.348 e. The van der Waals surface area contributed by atoms with Crippen LogP contribution in [0.3, 0.4) is 0 Å². The lowest BCUT2D eigenvalue weighted by Crippen LogP contribution is -2.32. The number of benzene rings is 1. The van der Waals surface area contributed by atoms with Crippen LogP contribution in [0.25, 0.3) is 10.9 Å². The third-order valence-electron chi connectivity index (χ3n) is 3.03. The van der Waals surface area contributed by atoms with Crippen molar-refractivity contribution in [3.63, 3.8) is 0 Å². The Balaban J connectivity index is 2.32. The summed E-state index contributed by atoms with van der Waals surface area (Å²) in [7, 11) is 1.32. The first-order valence-electron chi connectivity index (χ1n) is 6.75. The van der Waals surface area contributed by atoms with Crippen LogP contribution in [-0.4, -0.2) is 24.1 Å². The molecular weight excluding hydrogens is 272 g/mol. The second-order valence-electron chi connectivity index (χ2n) is 5.17. The van der Waals surface area contributed by atoms with E-state index in [0.29, 0.717) is 17.3 Å². The number of aromatic nitrogens is 1. The van der Waals surface area contributed by atoms with Crippen LogP contribution in [0.5, 0.6) is 0 Å².